The number of rotatable bonds is 8. The number of carbonyl (C=O) groups excluding carboxylic acids is 1. The minimum absolute atomic E-state index is 0.171. The molecule has 1 heterocycles. The van der Waals surface area contributed by atoms with Gasteiger partial charge in [0.25, 0.3) is 0 Å². The van der Waals surface area contributed by atoms with E-state index in [9.17, 15) is 13.2 Å². The van der Waals surface area contributed by atoms with Gasteiger partial charge in [-0.15, -0.1) is 0 Å². The fraction of sp³-hybridized carbons (Fsp3) is 0.143. The number of aromatic nitrogens is 1. The molecular formula is C21H20ClN3O4S. The molecule has 2 N–H and O–H groups in total. The number of hydrogen-bond donors (Lipinski definition) is 2. The van der Waals surface area contributed by atoms with Crippen LogP contribution in [-0.4, -0.2) is 26.4 Å². The molecule has 7 nitrogen and oxygen atoms in total. The van der Waals surface area contributed by atoms with Crippen LogP contribution in [0.2, 0.25) is 5.02 Å². The second-order valence-electron chi connectivity index (χ2n) is 6.34. The number of amides is 1. The standard InChI is InChI=1S/C21H20ClN3O4S/c1-23-30(27,28)19-10-2-15(3-11-19)4-12-20(26)25-17-7-13-21(24-14-17)29-18-8-5-16(22)6-9-18/h2-3,5-11,13-14,23H,4,12H2,1H3,(H,25,26). The largest absolute Gasteiger partial charge is 0.439 e. The van der Waals surface area contributed by atoms with Crippen molar-refractivity contribution in [3.8, 4) is 11.6 Å². The number of ether oxygens (including phenoxy) is 1. The van der Waals surface area contributed by atoms with Gasteiger partial charge < -0.3 is 10.1 Å². The molecule has 0 spiro atoms. The lowest BCUT2D eigenvalue weighted by Gasteiger charge is -2.08. The Morgan fingerprint density at radius 2 is 1.73 bits per heavy atom. The number of benzene rings is 2. The molecule has 0 aliphatic heterocycles. The average molecular weight is 446 g/mol. The smallest absolute Gasteiger partial charge is 0.240 e. The molecule has 0 aliphatic rings. The molecule has 0 saturated heterocycles. The first-order valence-electron chi connectivity index (χ1n) is 9.07. The van der Waals surface area contributed by atoms with Crippen molar-refractivity contribution >= 4 is 33.2 Å². The highest BCUT2D eigenvalue weighted by molar-refractivity contribution is 7.89. The van der Waals surface area contributed by atoms with Crippen molar-refractivity contribution in [2.75, 3.05) is 12.4 Å². The highest BCUT2D eigenvalue weighted by Gasteiger charge is 2.11. The van der Waals surface area contributed by atoms with E-state index < -0.39 is 10.0 Å². The highest BCUT2D eigenvalue weighted by atomic mass is 35.5. The molecule has 156 valence electrons. The Hall–Kier alpha value is -2.94. The zero-order valence-electron chi connectivity index (χ0n) is 16.1. The molecule has 3 aromatic rings. The third-order valence-electron chi connectivity index (χ3n) is 4.20. The number of aryl methyl sites for hydroxylation is 1. The SMILES string of the molecule is CNS(=O)(=O)c1ccc(CCC(=O)Nc2ccc(Oc3ccc(Cl)cc3)nc2)cc1. The van der Waals surface area contributed by atoms with Gasteiger partial charge in [-0.1, -0.05) is 23.7 Å². The van der Waals surface area contributed by atoms with Crippen LogP contribution in [0.25, 0.3) is 0 Å². The number of hydrogen-bond acceptors (Lipinski definition) is 5. The van der Waals surface area contributed by atoms with E-state index in [1.807, 2.05) is 0 Å². The van der Waals surface area contributed by atoms with E-state index in [1.165, 1.54) is 25.4 Å². The van der Waals surface area contributed by atoms with Gasteiger partial charge in [0.1, 0.15) is 5.75 Å². The lowest BCUT2D eigenvalue weighted by Crippen LogP contribution is -2.18. The fourth-order valence-electron chi connectivity index (χ4n) is 2.57. The van der Waals surface area contributed by atoms with Crippen LogP contribution in [-0.2, 0) is 21.2 Å². The summed E-state index contributed by atoms with van der Waals surface area (Å²) in [5.74, 6) is 0.833. The third-order valence-corrected chi connectivity index (χ3v) is 5.88. The summed E-state index contributed by atoms with van der Waals surface area (Å²) in [6.45, 7) is 0. The van der Waals surface area contributed by atoms with Gasteiger partial charge in [-0.25, -0.2) is 18.1 Å². The van der Waals surface area contributed by atoms with E-state index in [0.717, 1.165) is 5.56 Å². The monoisotopic (exact) mass is 445 g/mol. The Bertz CT molecular complexity index is 1100. The summed E-state index contributed by atoms with van der Waals surface area (Å²) in [7, 11) is -2.10. The van der Waals surface area contributed by atoms with Crippen molar-refractivity contribution in [2.45, 2.75) is 17.7 Å². The quantitative estimate of drug-likeness (QED) is 0.546. The van der Waals surface area contributed by atoms with Crippen LogP contribution in [0.1, 0.15) is 12.0 Å². The summed E-state index contributed by atoms with van der Waals surface area (Å²) >= 11 is 5.84. The molecule has 3 rings (SSSR count). The minimum Gasteiger partial charge on any atom is -0.439 e. The molecule has 0 unspecified atom stereocenters. The van der Waals surface area contributed by atoms with Crippen molar-refractivity contribution < 1.29 is 17.9 Å². The highest BCUT2D eigenvalue weighted by Crippen LogP contribution is 2.22. The Kier molecular flexibility index (Phi) is 7.04. The summed E-state index contributed by atoms with van der Waals surface area (Å²) in [5, 5.41) is 3.39. The van der Waals surface area contributed by atoms with Crippen LogP contribution < -0.4 is 14.8 Å². The maximum atomic E-state index is 12.2. The Morgan fingerprint density at radius 1 is 1.03 bits per heavy atom. The van der Waals surface area contributed by atoms with E-state index in [1.54, 1.807) is 48.5 Å². The summed E-state index contributed by atoms with van der Waals surface area (Å²) in [4.78, 5) is 16.5. The van der Waals surface area contributed by atoms with E-state index >= 15 is 0 Å². The van der Waals surface area contributed by atoms with Crippen LogP contribution in [0.15, 0.2) is 71.8 Å². The van der Waals surface area contributed by atoms with E-state index in [4.69, 9.17) is 16.3 Å². The number of sulfonamides is 1. The first-order chi connectivity index (χ1) is 14.4. The van der Waals surface area contributed by atoms with Gasteiger partial charge in [0.2, 0.25) is 21.8 Å². The van der Waals surface area contributed by atoms with Gasteiger partial charge in [-0.3, -0.25) is 4.79 Å². The molecule has 0 saturated carbocycles. The Labute approximate surface area is 180 Å². The topological polar surface area (TPSA) is 97.4 Å². The van der Waals surface area contributed by atoms with Crippen LogP contribution in [0, 0.1) is 0 Å². The number of carbonyl (C=O) groups is 1. The summed E-state index contributed by atoms with van der Waals surface area (Å²) in [6.07, 6.45) is 2.25. The van der Waals surface area contributed by atoms with Gasteiger partial charge in [-0.05, 0) is 61.5 Å². The van der Waals surface area contributed by atoms with E-state index in [0.29, 0.717) is 28.8 Å². The zero-order chi connectivity index (χ0) is 21.6. The molecule has 30 heavy (non-hydrogen) atoms. The van der Waals surface area contributed by atoms with Gasteiger partial charge >= 0.3 is 0 Å². The van der Waals surface area contributed by atoms with Crippen LogP contribution in [0.5, 0.6) is 11.6 Å². The fourth-order valence-corrected chi connectivity index (χ4v) is 3.43. The molecule has 1 aromatic heterocycles. The average Bonchev–Trinajstić information content (AvgIpc) is 2.75. The maximum Gasteiger partial charge on any atom is 0.240 e. The van der Waals surface area contributed by atoms with Crippen molar-refractivity contribution in [1.82, 2.24) is 9.71 Å². The Morgan fingerprint density at radius 3 is 2.33 bits per heavy atom. The predicted octanol–water partition coefficient (Wildman–Crippen LogP) is 4.01. The van der Waals surface area contributed by atoms with Gasteiger partial charge in [0.15, 0.2) is 0 Å². The molecule has 0 fully saturated rings. The Balaban J connectivity index is 1.50. The summed E-state index contributed by atoms with van der Waals surface area (Å²) in [5.41, 5.74) is 1.42. The first-order valence-corrected chi connectivity index (χ1v) is 10.9. The van der Waals surface area contributed by atoms with Gasteiger partial charge in [0.05, 0.1) is 16.8 Å². The second-order valence-corrected chi connectivity index (χ2v) is 8.66. The molecule has 0 aliphatic carbocycles. The first kappa shape index (κ1) is 21.8. The van der Waals surface area contributed by atoms with Gasteiger partial charge in [0, 0.05) is 17.5 Å². The molecule has 9 heteroatoms. The van der Waals surface area contributed by atoms with Crippen molar-refractivity contribution in [2.24, 2.45) is 0 Å². The molecule has 0 atom stereocenters. The summed E-state index contributed by atoms with van der Waals surface area (Å²) in [6, 6.07) is 16.7. The van der Waals surface area contributed by atoms with E-state index in [-0.39, 0.29) is 17.2 Å². The molecule has 1 amide bonds. The zero-order valence-corrected chi connectivity index (χ0v) is 17.7. The summed E-state index contributed by atoms with van der Waals surface area (Å²) < 4.78 is 31.3. The molecule has 2 aromatic carbocycles. The number of nitrogens with zero attached hydrogens (tertiary/aromatic N) is 1. The second kappa shape index (κ2) is 9.71. The van der Waals surface area contributed by atoms with Crippen LogP contribution in [0.4, 0.5) is 5.69 Å². The van der Waals surface area contributed by atoms with Crippen LogP contribution in [0.3, 0.4) is 0 Å². The van der Waals surface area contributed by atoms with Crippen molar-refractivity contribution in [1.29, 1.82) is 0 Å². The molecule has 0 radical (unpaired) electrons. The molecular weight excluding hydrogens is 426 g/mol. The lowest BCUT2D eigenvalue weighted by molar-refractivity contribution is -0.116. The third kappa shape index (κ3) is 6.03. The lowest BCUT2D eigenvalue weighted by atomic mass is 10.1. The normalized spacial score (nSPS) is 11.1. The maximum absolute atomic E-state index is 12.2. The van der Waals surface area contributed by atoms with E-state index in [2.05, 4.69) is 15.0 Å². The number of nitrogens with one attached hydrogen (secondary N) is 2. The van der Waals surface area contributed by atoms with Crippen LogP contribution >= 0.6 is 11.6 Å². The molecule has 0 bridgehead atoms. The minimum atomic E-state index is -3.46. The number of anilines is 1. The van der Waals surface area contributed by atoms with Crippen molar-refractivity contribution in [3.05, 3.63) is 77.4 Å². The van der Waals surface area contributed by atoms with Crippen molar-refractivity contribution in [3.63, 3.8) is 0 Å². The number of pyridine rings is 1. The number of halogens is 1. The predicted molar refractivity (Wildman–Crippen MR) is 115 cm³/mol. The van der Waals surface area contributed by atoms with Gasteiger partial charge in [-0.2, -0.15) is 0 Å².